The number of nitrogen functional groups attached to an aromatic ring is 1. The lowest BCUT2D eigenvalue weighted by Gasteiger charge is -2.08. The highest BCUT2D eigenvalue weighted by atomic mass is 16.5. The maximum Gasteiger partial charge on any atom is 0.343 e. The van der Waals surface area contributed by atoms with Gasteiger partial charge in [-0.1, -0.05) is 0 Å². The van der Waals surface area contributed by atoms with Crippen molar-refractivity contribution in [1.29, 1.82) is 0 Å². The summed E-state index contributed by atoms with van der Waals surface area (Å²) in [6, 6.07) is 5.10. The van der Waals surface area contributed by atoms with Crippen LogP contribution in [0.1, 0.15) is 18.1 Å². The van der Waals surface area contributed by atoms with E-state index in [9.17, 15) is 9.59 Å². The van der Waals surface area contributed by atoms with E-state index in [1.807, 2.05) is 0 Å². The zero-order valence-corrected chi connectivity index (χ0v) is 10.1. The Balaban J connectivity index is 2.58. The molecule has 18 heavy (non-hydrogen) atoms. The van der Waals surface area contributed by atoms with E-state index in [0.29, 0.717) is 16.8 Å². The fraction of sp³-hybridized carbons (Fsp3) is 0.231. The Morgan fingerprint density at radius 3 is 2.83 bits per heavy atom. The molecule has 0 aliphatic rings. The third-order valence-electron chi connectivity index (χ3n) is 2.73. The van der Waals surface area contributed by atoms with Crippen LogP contribution in [-0.2, 0) is 16.1 Å². The van der Waals surface area contributed by atoms with Gasteiger partial charge in [0.1, 0.15) is 12.2 Å². The zero-order chi connectivity index (χ0) is 13.3. The molecule has 0 aliphatic heterocycles. The van der Waals surface area contributed by atoms with Crippen molar-refractivity contribution in [3.05, 3.63) is 39.7 Å². The number of hydrogen-bond donors (Lipinski definition) is 1. The largest absolute Gasteiger partial charge is 0.461 e. The van der Waals surface area contributed by atoms with Crippen LogP contribution in [0.5, 0.6) is 0 Å². The number of benzene rings is 1. The highest BCUT2D eigenvalue weighted by Gasteiger charge is 2.12. The van der Waals surface area contributed by atoms with Crippen molar-refractivity contribution in [3.8, 4) is 0 Å². The lowest BCUT2D eigenvalue weighted by atomic mass is 10.1. The molecule has 2 N–H and O–H groups in total. The van der Waals surface area contributed by atoms with Crippen LogP contribution in [0.2, 0.25) is 0 Å². The smallest absolute Gasteiger partial charge is 0.343 e. The average Bonchev–Trinajstić information content (AvgIpc) is 2.27. The normalized spacial score (nSPS) is 10.6. The van der Waals surface area contributed by atoms with Crippen molar-refractivity contribution >= 4 is 22.6 Å². The van der Waals surface area contributed by atoms with Gasteiger partial charge < -0.3 is 14.9 Å². The molecule has 0 spiro atoms. The Kier molecular flexibility index (Phi) is 3.06. The quantitative estimate of drug-likeness (QED) is 0.496. The lowest BCUT2D eigenvalue weighted by molar-refractivity contribution is -0.142. The number of esters is 1. The second-order valence-corrected chi connectivity index (χ2v) is 4.03. The summed E-state index contributed by atoms with van der Waals surface area (Å²) in [5.41, 5.74) is 7.17. The first-order chi connectivity index (χ1) is 8.49. The monoisotopic (exact) mass is 247 g/mol. The fourth-order valence-electron chi connectivity index (χ4n) is 1.75. The molecule has 5 heteroatoms. The molecule has 0 saturated heterocycles. The molecule has 2 rings (SSSR count). The zero-order valence-electron chi connectivity index (χ0n) is 10.1. The van der Waals surface area contributed by atoms with Crippen molar-refractivity contribution in [3.63, 3.8) is 0 Å². The third-order valence-corrected chi connectivity index (χ3v) is 2.73. The van der Waals surface area contributed by atoms with Gasteiger partial charge in [-0.25, -0.2) is 4.79 Å². The van der Waals surface area contributed by atoms with Crippen molar-refractivity contribution in [2.24, 2.45) is 0 Å². The number of anilines is 1. The van der Waals surface area contributed by atoms with Crippen molar-refractivity contribution in [2.75, 3.05) is 5.73 Å². The van der Waals surface area contributed by atoms with Gasteiger partial charge in [0.25, 0.3) is 0 Å². The molecule has 1 aromatic heterocycles. The summed E-state index contributed by atoms with van der Waals surface area (Å²) in [5, 5.41) is 0.783. The Morgan fingerprint density at radius 1 is 1.44 bits per heavy atom. The van der Waals surface area contributed by atoms with E-state index in [4.69, 9.17) is 14.9 Å². The summed E-state index contributed by atoms with van der Waals surface area (Å²) in [6.07, 6.45) is 0. The van der Waals surface area contributed by atoms with Crippen LogP contribution >= 0.6 is 0 Å². The molecule has 1 heterocycles. The summed E-state index contributed by atoms with van der Waals surface area (Å²) < 4.78 is 10.00. The Labute approximate surface area is 103 Å². The van der Waals surface area contributed by atoms with E-state index in [1.54, 1.807) is 25.1 Å². The van der Waals surface area contributed by atoms with Gasteiger partial charge in [-0.3, -0.25) is 4.79 Å². The number of nitrogens with two attached hydrogens (primary N) is 1. The molecule has 0 radical (unpaired) electrons. The van der Waals surface area contributed by atoms with Crippen LogP contribution in [0.25, 0.3) is 11.0 Å². The maximum absolute atomic E-state index is 11.8. The average molecular weight is 247 g/mol. The minimum absolute atomic E-state index is 0.0795. The number of ether oxygens (including phenoxy) is 1. The Hall–Kier alpha value is -2.30. The number of rotatable bonds is 2. The van der Waals surface area contributed by atoms with Gasteiger partial charge in [-0.15, -0.1) is 0 Å². The molecule has 5 nitrogen and oxygen atoms in total. The second kappa shape index (κ2) is 4.52. The topological polar surface area (TPSA) is 82.5 Å². The first-order valence-electron chi connectivity index (χ1n) is 5.44. The van der Waals surface area contributed by atoms with Gasteiger partial charge in [0.05, 0.1) is 5.56 Å². The molecule has 94 valence electrons. The number of fused-ring (bicyclic) bond motifs is 1. The molecule has 1 aromatic carbocycles. The van der Waals surface area contributed by atoms with Crippen molar-refractivity contribution in [2.45, 2.75) is 20.5 Å². The summed E-state index contributed by atoms with van der Waals surface area (Å²) in [6.45, 7) is 3.00. The number of aryl methyl sites for hydroxylation is 1. The number of hydrogen-bond acceptors (Lipinski definition) is 5. The van der Waals surface area contributed by atoms with Gasteiger partial charge >= 0.3 is 11.6 Å². The van der Waals surface area contributed by atoms with Crippen molar-refractivity contribution < 1.29 is 13.9 Å². The second-order valence-electron chi connectivity index (χ2n) is 4.03. The van der Waals surface area contributed by atoms with Crippen LogP contribution in [0.4, 0.5) is 5.69 Å². The third kappa shape index (κ3) is 2.20. The molecule has 0 aliphatic carbocycles. The predicted octanol–water partition coefficient (Wildman–Crippen LogP) is 1.75. The number of carbonyl (C=O) groups is 1. The first-order valence-corrected chi connectivity index (χ1v) is 5.44. The summed E-state index contributed by atoms with van der Waals surface area (Å²) in [4.78, 5) is 22.6. The lowest BCUT2D eigenvalue weighted by Crippen LogP contribution is -2.13. The minimum Gasteiger partial charge on any atom is -0.461 e. The number of carbonyl (C=O) groups excluding carboxylic acids is 1. The molecular formula is C13H13NO4. The Morgan fingerprint density at radius 2 is 2.17 bits per heavy atom. The van der Waals surface area contributed by atoms with E-state index in [-0.39, 0.29) is 6.61 Å². The van der Waals surface area contributed by atoms with Gasteiger partial charge in [0.2, 0.25) is 0 Å². The maximum atomic E-state index is 11.8. The van der Waals surface area contributed by atoms with Gasteiger partial charge in [-0.05, 0) is 24.6 Å². The van der Waals surface area contributed by atoms with Crippen LogP contribution < -0.4 is 11.4 Å². The highest BCUT2D eigenvalue weighted by Crippen LogP contribution is 2.21. The molecule has 0 bridgehead atoms. The van der Waals surface area contributed by atoms with Gasteiger partial charge in [-0.2, -0.15) is 0 Å². The molecule has 0 fully saturated rings. The molecule has 0 unspecified atom stereocenters. The van der Waals surface area contributed by atoms with E-state index >= 15 is 0 Å². The first kappa shape index (κ1) is 12.2. The molecular weight excluding hydrogens is 234 g/mol. The van der Waals surface area contributed by atoms with Crippen LogP contribution in [0.3, 0.4) is 0 Å². The highest BCUT2D eigenvalue weighted by molar-refractivity contribution is 5.83. The van der Waals surface area contributed by atoms with E-state index in [2.05, 4.69) is 0 Å². The van der Waals surface area contributed by atoms with Crippen LogP contribution in [0, 0.1) is 6.92 Å². The summed E-state index contributed by atoms with van der Waals surface area (Å²) in [7, 11) is 0. The fourth-order valence-corrected chi connectivity index (χ4v) is 1.75. The standard InChI is InChI=1S/C13H13NO4/c1-7-10-4-3-9(14)5-12(10)18-13(16)11(7)6-17-8(2)15/h3-5H,6,14H2,1-2H3. The minimum atomic E-state index is -0.508. The van der Waals surface area contributed by atoms with E-state index < -0.39 is 11.6 Å². The van der Waals surface area contributed by atoms with Gasteiger partial charge in [0, 0.05) is 24.1 Å². The molecule has 2 aromatic rings. The molecule has 0 atom stereocenters. The van der Waals surface area contributed by atoms with E-state index in [1.165, 1.54) is 6.92 Å². The van der Waals surface area contributed by atoms with Crippen LogP contribution in [-0.4, -0.2) is 5.97 Å². The SMILES string of the molecule is CC(=O)OCc1c(C)c2ccc(N)cc2oc1=O. The Bertz CT molecular complexity index is 672. The summed E-state index contributed by atoms with van der Waals surface area (Å²) >= 11 is 0. The van der Waals surface area contributed by atoms with Gasteiger partial charge in [0.15, 0.2) is 0 Å². The van der Waals surface area contributed by atoms with Crippen molar-refractivity contribution in [1.82, 2.24) is 0 Å². The molecule has 0 saturated carbocycles. The molecule has 0 amide bonds. The van der Waals surface area contributed by atoms with Crippen LogP contribution in [0.15, 0.2) is 27.4 Å². The summed E-state index contributed by atoms with van der Waals surface area (Å²) in [5.74, 6) is -0.439. The van der Waals surface area contributed by atoms with E-state index in [0.717, 1.165) is 10.9 Å². The predicted molar refractivity (Wildman–Crippen MR) is 67.1 cm³/mol.